The van der Waals surface area contributed by atoms with Crippen LogP contribution < -0.4 is 10.6 Å². The first kappa shape index (κ1) is 18.5. The van der Waals surface area contributed by atoms with Gasteiger partial charge in [0, 0.05) is 23.5 Å². The van der Waals surface area contributed by atoms with Gasteiger partial charge in [-0.25, -0.2) is 9.97 Å². The number of pyridine rings is 1. The third kappa shape index (κ3) is 3.42. The van der Waals surface area contributed by atoms with Crippen LogP contribution in [0.2, 0.25) is 0 Å². The SMILES string of the molecule is c1ccc2[nH]c(CNc3nc(Nc4ccncc4)nc4c3ncn4-c3ccsc3)nc2c1. The summed E-state index contributed by atoms with van der Waals surface area (Å²) >= 11 is 1.62. The minimum absolute atomic E-state index is 0.466. The van der Waals surface area contributed by atoms with Crippen molar-refractivity contribution in [3.63, 3.8) is 0 Å². The number of nitrogens with zero attached hydrogens (tertiary/aromatic N) is 6. The van der Waals surface area contributed by atoms with Gasteiger partial charge in [0.25, 0.3) is 0 Å². The van der Waals surface area contributed by atoms with E-state index in [1.807, 2.05) is 52.4 Å². The van der Waals surface area contributed by atoms with Crippen LogP contribution in [0.3, 0.4) is 0 Å². The summed E-state index contributed by atoms with van der Waals surface area (Å²) in [6.45, 7) is 0.473. The third-order valence-corrected chi connectivity index (χ3v) is 5.65. The molecule has 10 heteroatoms. The van der Waals surface area contributed by atoms with Gasteiger partial charge in [-0.1, -0.05) is 12.1 Å². The van der Waals surface area contributed by atoms with Crippen LogP contribution in [0, 0.1) is 0 Å². The van der Waals surface area contributed by atoms with E-state index in [1.165, 1.54) is 0 Å². The summed E-state index contributed by atoms with van der Waals surface area (Å²) in [5, 5.41) is 10.7. The monoisotopic (exact) mass is 439 g/mol. The van der Waals surface area contributed by atoms with Crippen molar-refractivity contribution in [3.8, 4) is 5.69 Å². The summed E-state index contributed by atoms with van der Waals surface area (Å²) in [5.41, 5.74) is 5.19. The Kier molecular flexibility index (Phi) is 4.47. The quantitative estimate of drug-likeness (QED) is 0.350. The first-order valence-corrected chi connectivity index (χ1v) is 10.9. The first-order chi connectivity index (χ1) is 15.8. The zero-order valence-corrected chi connectivity index (χ0v) is 17.5. The topological polar surface area (TPSA) is 109 Å². The van der Waals surface area contributed by atoms with E-state index in [0.29, 0.717) is 29.5 Å². The summed E-state index contributed by atoms with van der Waals surface area (Å²) in [4.78, 5) is 26.0. The molecule has 5 heterocycles. The van der Waals surface area contributed by atoms with Crippen molar-refractivity contribution >= 4 is 51.0 Å². The standard InChI is InChI=1S/C22H17N9S/c1-2-4-17-16(3-1)27-18(28-17)11-24-20-19-21(31(13-25-19)15-7-10-32-12-15)30-22(29-20)26-14-5-8-23-9-6-14/h1-10,12-13H,11H2,(H,27,28)(H2,23,24,26,29,30). The second kappa shape index (κ2) is 7.75. The Morgan fingerprint density at radius 2 is 1.91 bits per heavy atom. The van der Waals surface area contributed by atoms with Gasteiger partial charge in [-0.3, -0.25) is 9.55 Å². The minimum Gasteiger partial charge on any atom is -0.361 e. The molecule has 0 amide bonds. The molecule has 0 radical (unpaired) electrons. The molecule has 0 saturated carbocycles. The van der Waals surface area contributed by atoms with Crippen molar-refractivity contribution in [3.05, 3.63) is 77.8 Å². The van der Waals surface area contributed by atoms with Gasteiger partial charge in [0.05, 0.1) is 23.3 Å². The maximum Gasteiger partial charge on any atom is 0.231 e. The van der Waals surface area contributed by atoms with Gasteiger partial charge >= 0.3 is 0 Å². The van der Waals surface area contributed by atoms with Gasteiger partial charge < -0.3 is 15.6 Å². The van der Waals surface area contributed by atoms with Crippen molar-refractivity contribution in [1.82, 2.24) is 34.5 Å². The Morgan fingerprint density at radius 1 is 1.00 bits per heavy atom. The van der Waals surface area contributed by atoms with Crippen LogP contribution in [-0.2, 0) is 6.54 Å². The second-order valence-electron chi connectivity index (χ2n) is 7.08. The highest BCUT2D eigenvalue weighted by atomic mass is 32.1. The molecule has 1 aromatic carbocycles. The molecular formula is C22H17N9S. The zero-order valence-electron chi connectivity index (χ0n) is 16.7. The van der Waals surface area contributed by atoms with E-state index in [9.17, 15) is 0 Å². The fourth-order valence-corrected chi connectivity index (χ4v) is 4.11. The largest absolute Gasteiger partial charge is 0.361 e. The number of para-hydroxylation sites is 2. The fourth-order valence-electron chi connectivity index (χ4n) is 3.48. The lowest BCUT2D eigenvalue weighted by Crippen LogP contribution is -2.07. The molecule has 0 aliphatic rings. The molecule has 0 saturated heterocycles. The average molecular weight is 440 g/mol. The molecule has 6 aromatic rings. The van der Waals surface area contributed by atoms with Crippen LogP contribution in [0.1, 0.15) is 5.82 Å². The van der Waals surface area contributed by atoms with Crippen LogP contribution >= 0.6 is 11.3 Å². The van der Waals surface area contributed by atoms with E-state index >= 15 is 0 Å². The van der Waals surface area contributed by atoms with Crippen molar-refractivity contribution in [2.45, 2.75) is 6.54 Å². The van der Waals surface area contributed by atoms with Gasteiger partial charge in [-0.15, -0.1) is 0 Å². The lowest BCUT2D eigenvalue weighted by Gasteiger charge is -2.10. The number of thiophene rings is 1. The number of hydrogen-bond acceptors (Lipinski definition) is 8. The number of hydrogen-bond donors (Lipinski definition) is 3. The van der Waals surface area contributed by atoms with Gasteiger partial charge in [0.15, 0.2) is 17.0 Å². The van der Waals surface area contributed by atoms with Crippen LogP contribution in [-0.4, -0.2) is 34.5 Å². The van der Waals surface area contributed by atoms with E-state index < -0.39 is 0 Å². The maximum absolute atomic E-state index is 4.74. The highest BCUT2D eigenvalue weighted by Crippen LogP contribution is 2.26. The normalized spacial score (nSPS) is 11.2. The summed E-state index contributed by atoms with van der Waals surface area (Å²) in [5.74, 6) is 1.91. The average Bonchev–Trinajstić information content (AvgIpc) is 3.57. The molecule has 0 fully saturated rings. The van der Waals surface area contributed by atoms with E-state index in [-0.39, 0.29) is 0 Å². The predicted molar refractivity (Wildman–Crippen MR) is 125 cm³/mol. The zero-order chi connectivity index (χ0) is 21.3. The molecule has 0 unspecified atom stereocenters. The van der Waals surface area contributed by atoms with Crippen molar-refractivity contribution in [1.29, 1.82) is 0 Å². The predicted octanol–water partition coefficient (Wildman–Crippen LogP) is 4.50. The molecular weight excluding hydrogens is 422 g/mol. The minimum atomic E-state index is 0.466. The van der Waals surface area contributed by atoms with Crippen LogP contribution in [0.25, 0.3) is 27.9 Å². The number of nitrogens with one attached hydrogen (secondary N) is 3. The molecule has 5 aromatic heterocycles. The molecule has 0 aliphatic heterocycles. The molecule has 0 spiro atoms. The van der Waals surface area contributed by atoms with Crippen LogP contribution in [0.15, 0.2) is 71.9 Å². The number of anilines is 3. The number of benzene rings is 1. The number of imidazole rings is 2. The molecule has 156 valence electrons. The molecule has 9 nitrogen and oxygen atoms in total. The van der Waals surface area contributed by atoms with Gasteiger partial charge in [-0.05, 0) is 35.7 Å². The van der Waals surface area contributed by atoms with E-state index in [4.69, 9.17) is 9.97 Å². The summed E-state index contributed by atoms with van der Waals surface area (Å²) in [7, 11) is 0. The molecule has 32 heavy (non-hydrogen) atoms. The number of H-pyrrole nitrogens is 1. The van der Waals surface area contributed by atoms with E-state index in [0.717, 1.165) is 28.2 Å². The Morgan fingerprint density at radius 3 is 2.75 bits per heavy atom. The Hall–Kier alpha value is -4.31. The highest BCUT2D eigenvalue weighted by Gasteiger charge is 2.15. The van der Waals surface area contributed by atoms with Crippen LogP contribution in [0.5, 0.6) is 0 Å². The summed E-state index contributed by atoms with van der Waals surface area (Å²) in [6.07, 6.45) is 5.21. The molecule has 0 atom stereocenters. The van der Waals surface area contributed by atoms with Crippen molar-refractivity contribution < 1.29 is 0 Å². The van der Waals surface area contributed by atoms with Crippen LogP contribution in [0.4, 0.5) is 17.5 Å². The molecule has 0 bridgehead atoms. The summed E-state index contributed by atoms with van der Waals surface area (Å²) < 4.78 is 1.96. The molecule has 0 aliphatic carbocycles. The fraction of sp³-hybridized carbons (Fsp3) is 0.0455. The Balaban J connectivity index is 1.39. The third-order valence-electron chi connectivity index (χ3n) is 4.98. The van der Waals surface area contributed by atoms with Gasteiger partial charge in [-0.2, -0.15) is 21.3 Å². The Bertz CT molecular complexity index is 1470. The number of rotatable bonds is 6. The second-order valence-corrected chi connectivity index (χ2v) is 7.86. The lowest BCUT2D eigenvalue weighted by atomic mass is 10.3. The number of aromatic amines is 1. The lowest BCUT2D eigenvalue weighted by molar-refractivity contribution is 0.996. The molecule has 3 N–H and O–H groups in total. The van der Waals surface area contributed by atoms with Gasteiger partial charge in [0.1, 0.15) is 12.2 Å². The highest BCUT2D eigenvalue weighted by molar-refractivity contribution is 7.08. The Labute approximate surface area is 186 Å². The number of fused-ring (bicyclic) bond motifs is 2. The van der Waals surface area contributed by atoms with E-state index in [2.05, 4.69) is 35.9 Å². The number of aromatic nitrogens is 7. The maximum atomic E-state index is 4.74. The smallest absolute Gasteiger partial charge is 0.231 e. The van der Waals surface area contributed by atoms with Crippen molar-refractivity contribution in [2.24, 2.45) is 0 Å². The van der Waals surface area contributed by atoms with Gasteiger partial charge in [0.2, 0.25) is 5.95 Å². The van der Waals surface area contributed by atoms with Crippen molar-refractivity contribution in [2.75, 3.05) is 10.6 Å². The first-order valence-electron chi connectivity index (χ1n) is 9.96. The molecule has 6 rings (SSSR count). The summed E-state index contributed by atoms with van der Waals surface area (Å²) in [6, 6.07) is 13.7. The van der Waals surface area contributed by atoms with E-state index in [1.54, 1.807) is 30.1 Å².